The molecule has 144 valence electrons. The second kappa shape index (κ2) is 8.34. The molecule has 4 amide bonds. The van der Waals surface area contributed by atoms with Crippen molar-refractivity contribution in [3.63, 3.8) is 0 Å². The lowest BCUT2D eigenvalue weighted by atomic mass is 10.1. The van der Waals surface area contributed by atoms with Gasteiger partial charge in [-0.3, -0.25) is 19.9 Å². The minimum atomic E-state index is -1.22. The van der Waals surface area contributed by atoms with Crippen molar-refractivity contribution in [3.8, 4) is 11.5 Å². The van der Waals surface area contributed by atoms with E-state index in [1.807, 2.05) is 6.92 Å². The maximum Gasteiger partial charge on any atom is 0.335 e. The molecule has 0 bridgehead atoms. The number of aliphatic imine (C=N–C) groups is 1. The minimum Gasteiger partial charge on any atom is -0.497 e. The number of anilines is 1. The van der Waals surface area contributed by atoms with E-state index in [1.54, 1.807) is 48.5 Å². The lowest BCUT2D eigenvalue weighted by molar-refractivity contribution is -0.131. The van der Waals surface area contributed by atoms with Crippen molar-refractivity contribution >= 4 is 35.4 Å². The number of urea groups is 1. The van der Waals surface area contributed by atoms with Gasteiger partial charge in [0.25, 0.3) is 5.91 Å². The molecule has 0 unspecified atom stereocenters. The average molecular weight is 381 g/mol. The number of nitrogens with one attached hydrogen (secondary N) is 1. The summed E-state index contributed by atoms with van der Waals surface area (Å²) < 4.78 is 10.4. The highest BCUT2D eigenvalue weighted by Crippen LogP contribution is 2.24. The first-order valence-electron chi connectivity index (χ1n) is 8.63. The minimum absolute atomic E-state index is 0.329. The van der Waals surface area contributed by atoms with Gasteiger partial charge < -0.3 is 9.47 Å². The normalized spacial score (nSPS) is 17.0. The summed E-state index contributed by atoms with van der Waals surface area (Å²) in [5, 5.41) is 2.18. The number of imide groups is 2. The van der Waals surface area contributed by atoms with E-state index >= 15 is 0 Å². The molecule has 2 aromatic rings. The third-order valence-electron chi connectivity index (χ3n) is 4.05. The number of benzene rings is 2. The van der Waals surface area contributed by atoms with Crippen LogP contribution in [0.15, 0.2) is 53.5 Å². The van der Waals surface area contributed by atoms with Gasteiger partial charge in [-0.15, -0.1) is 0 Å². The zero-order valence-corrected chi connectivity index (χ0v) is 15.4. The van der Waals surface area contributed by atoms with Crippen LogP contribution in [0.25, 0.3) is 0 Å². The van der Waals surface area contributed by atoms with Gasteiger partial charge in [-0.2, -0.15) is 0 Å². The summed E-state index contributed by atoms with van der Waals surface area (Å²) in [7, 11) is 1.51. The topological polar surface area (TPSA) is 97.3 Å². The number of hydrogen-bond acceptors (Lipinski definition) is 6. The van der Waals surface area contributed by atoms with E-state index in [9.17, 15) is 14.4 Å². The Morgan fingerprint density at radius 1 is 1.04 bits per heavy atom. The SMILES string of the molecule is CCOc1ccc(N=C[C@H]2C(=O)NC(=O)N(c3ccc(OC)cc3)C2=O)cc1. The Labute approximate surface area is 161 Å². The fourth-order valence-electron chi connectivity index (χ4n) is 2.65. The summed E-state index contributed by atoms with van der Waals surface area (Å²) in [6.45, 7) is 2.43. The second-order valence-corrected chi connectivity index (χ2v) is 5.85. The molecule has 1 atom stereocenters. The highest BCUT2D eigenvalue weighted by molar-refractivity contribution is 6.32. The van der Waals surface area contributed by atoms with Gasteiger partial charge in [0.15, 0.2) is 5.92 Å². The quantitative estimate of drug-likeness (QED) is 0.613. The van der Waals surface area contributed by atoms with E-state index in [0.29, 0.717) is 29.5 Å². The van der Waals surface area contributed by atoms with Crippen LogP contribution in [0.3, 0.4) is 0 Å². The first-order chi connectivity index (χ1) is 13.5. The van der Waals surface area contributed by atoms with Crippen LogP contribution in [0.4, 0.5) is 16.2 Å². The largest absolute Gasteiger partial charge is 0.497 e. The van der Waals surface area contributed by atoms with Crippen LogP contribution in [0.5, 0.6) is 11.5 Å². The van der Waals surface area contributed by atoms with E-state index in [2.05, 4.69) is 10.3 Å². The van der Waals surface area contributed by atoms with Crippen LogP contribution in [-0.2, 0) is 9.59 Å². The number of rotatable bonds is 6. The highest BCUT2D eigenvalue weighted by atomic mass is 16.5. The standard InChI is InChI=1S/C20H19N3O5/c1-3-28-16-8-4-13(5-9-16)21-12-17-18(24)22-20(26)23(19(17)25)14-6-10-15(27-2)11-7-14/h4-12,17H,3H2,1-2H3,(H,22,24,26)/t17-/m0/s1. The highest BCUT2D eigenvalue weighted by Gasteiger charge is 2.40. The third kappa shape index (κ3) is 4.01. The van der Waals surface area contributed by atoms with Crippen molar-refractivity contribution < 1.29 is 23.9 Å². The molecule has 3 rings (SSSR count). The fourth-order valence-corrected chi connectivity index (χ4v) is 2.65. The fraction of sp³-hybridized carbons (Fsp3) is 0.200. The van der Waals surface area contributed by atoms with E-state index in [0.717, 1.165) is 4.90 Å². The van der Waals surface area contributed by atoms with Crippen LogP contribution in [0.1, 0.15) is 6.92 Å². The average Bonchev–Trinajstić information content (AvgIpc) is 2.69. The summed E-state index contributed by atoms with van der Waals surface area (Å²) in [6.07, 6.45) is 1.23. The van der Waals surface area contributed by atoms with Crippen LogP contribution in [0, 0.1) is 5.92 Å². The van der Waals surface area contributed by atoms with E-state index in [1.165, 1.54) is 13.3 Å². The van der Waals surface area contributed by atoms with Crippen LogP contribution in [0.2, 0.25) is 0 Å². The summed E-state index contributed by atoms with van der Waals surface area (Å²) in [4.78, 5) is 42.2. The smallest absolute Gasteiger partial charge is 0.335 e. The molecule has 8 nitrogen and oxygen atoms in total. The molecule has 1 aliphatic heterocycles. The van der Waals surface area contributed by atoms with Gasteiger partial charge >= 0.3 is 6.03 Å². The van der Waals surface area contributed by atoms with Gasteiger partial charge in [-0.05, 0) is 55.5 Å². The predicted octanol–water partition coefficient (Wildman–Crippen LogP) is 2.70. The zero-order chi connectivity index (χ0) is 20.1. The number of nitrogens with zero attached hydrogens (tertiary/aromatic N) is 2. The molecule has 0 aromatic heterocycles. The monoisotopic (exact) mass is 381 g/mol. The van der Waals surface area contributed by atoms with E-state index in [4.69, 9.17) is 9.47 Å². The second-order valence-electron chi connectivity index (χ2n) is 5.85. The molecule has 8 heteroatoms. The Kier molecular flexibility index (Phi) is 5.69. The number of methoxy groups -OCH3 is 1. The Morgan fingerprint density at radius 2 is 1.68 bits per heavy atom. The number of barbiturate groups is 1. The van der Waals surface area contributed by atoms with Crippen molar-refractivity contribution in [2.75, 3.05) is 18.6 Å². The molecule has 2 aromatic carbocycles. The summed E-state index contributed by atoms with van der Waals surface area (Å²) >= 11 is 0. The van der Waals surface area contributed by atoms with Crippen molar-refractivity contribution in [1.82, 2.24) is 5.32 Å². The lowest BCUT2D eigenvalue weighted by Crippen LogP contribution is -2.58. The van der Waals surface area contributed by atoms with Gasteiger partial charge in [0.2, 0.25) is 5.91 Å². The van der Waals surface area contributed by atoms with Crippen LogP contribution < -0.4 is 19.7 Å². The first-order valence-corrected chi connectivity index (χ1v) is 8.63. The maximum absolute atomic E-state index is 12.8. The van der Waals surface area contributed by atoms with Gasteiger partial charge in [0.05, 0.1) is 25.1 Å². The molecule has 1 saturated heterocycles. The van der Waals surface area contributed by atoms with Crippen molar-refractivity contribution in [1.29, 1.82) is 0 Å². The molecule has 1 heterocycles. The number of amides is 4. The molecule has 0 radical (unpaired) electrons. The van der Waals surface area contributed by atoms with E-state index < -0.39 is 23.8 Å². The Morgan fingerprint density at radius 3 is 2.29 bits per heavy atom. The molecule has 28 heavy (non-hydrogen) atoms. The number of hydrogen-bond donors (Lipinski definition) is 1. The van der Waals surface area contributed by atoms with Gasteiger partial charge in [-0.25, -0.2) is 9.69 Å². The number of carbonyl (C=O) groups is 3. The van der Waals surface area contributed by atoms with Crippen LogP contribution in [-0.4, -0.2) is 37.8 Å². The van der Waals surface area contributed by atoms with Crippen molar-refractivity contribution in [2.24, 2.45) is 10.9 Å². The molecule has 0 saturated carbocycles. The summed E-state index contributed by atoms with van der Waals surface area (Å²) in [5.74, 6) is -1.32. The third-order valence-corrected chi connectivity index (χ3v) is 4.05. The molecular weight excluding hydrogens is 362 g/mol. The lowest BCUT2D eigenvalue weighted by Gasteiger charge is -2.28. The van der Waals surface area contributed by atoms with Crippen molar-refractivity contribution in [3.05, 3.63) is 48.5 Å². The zero-order valence-electron chi connectivity index (χ0n) is 15.4. The summed E-state index contributed by atoms with van der Waals surface area (Å²) in [6, 6.07) is 12.5. The Bertz CT molecular complexity index is 906. The van der Waals surface area contributed by atoms with E-state index in [-0.39, 0.29) is 0 Å². The Hall–Kier alpha value is -3.68. The molecule has 0 aliphatic carbocycles. The van der Waals surface area contributed by atoms with Gasteiger partial charge in [0.1, 0.15) is 11.5 Å². The van der Waals surface area contributed by atoms with Crippen molar-refractivity contribution in [2.45, 2.75) is 6.92 Å². The molecule has 1 fully saturated rings. The molecule has 0 spiro atoms. The Balaban J connectivity index is 1.80. The summed E-state index contributed by atoms with van der Waals surface area (Å²) in [5.41, 5.74) is 0.882. The molecular formula is C20H19N3O5. The van der Waals surface area contributed by atoms with Gasteiger partial charge in [-0.1, -0.05) is 0 Å². The first kappa shape index (κ1) is 19.1. The number of carbonyl (C=O) groups excluding carboxylic acids is 3. The maximum atomic E-state index is 12.8. The molecule has 1 N–H and O–H groups in total. The predicted molar refractivity (Wildman–Crippen MR) is 103 cm³/mol. The number of ether oxygens (including phenoxy) is 2. The van der Waals surface area contributed by atoms with Gasteiger partial charge in [0, 0.05) is 6.21 Å². The van der Waals surface area contributed by atoms with Crippen LogP contribution >= 0.6 is 0 Å². The molecule has 1 aliphatic rings.